The number of anilines is 2. The van der Waals surface area contributed by atoms with E-state index in [4.69, 9.17) is 12.2 Å². The largest absolute Gasteiger partial charge is 0.508 e. The summed E-state index contributed by atoms with van der Waals surface area (Å²) in [6, 6.07) is 14.6. The van der Waals surface area contributed by atoms with Gasteiger partial charge in [0.25, 0.3) is 0 Å². The molecule has 0 saturated carbocycles. The molecule has 2 aromatic heterocycles. The van der Waals surface area contributed by atoms with Crippen molar-refractivity contribution in [1.29, 1.82) is 0 Å². The molecular weight excluding hydrogens is 524 g/mol. The summed E-state index contributed by atoms with van der Waals surface area (Å²) in [5.41, 5.74) is 8.94. The van der Waals surface area contributed by atoms with Gasteiger partial charge in [-0.2, -0.15) is 0 Å². The molecule has 33 heavy (non-hydrogen) atoms. The van der Waals surface area contributed by atoms with E-state index < -0.39 is 0 Å². The lowest BCUT2D eigenvalue weighted by atomic mass is 10.2. The minimum absolute atomic E-state index is 0.216. The first kappa shape index (κ1) is 23.2. The molecule has 0 bridgehead atoms. The number of rotatable bonds is 8. The first-order valence-corrected chi connectivity index (χ1v) is 12.3. The monoisotopic (exact) mass is 544 g/mol. The molecule has 0 atom stereocenters. The number of hydrogen-bond acceptors (Lipinski definition) is 8. The second-order valence-electron chi connectivity index (χ2n) is 7.00. The summed E-state index contributed by atoms with van der Waals surface area (Å²) < 4.78 is 2.70. The molecule has 0 saturated heterocycles. The van der Waals surface area contributed by atoms with Crippen molar-refractivity contribution in [3.63, 3.8) is 0 Å². The summed E-state index contributed by atoms with van der Waals surface area (Å²) in [5, 5.41) is 22.2. The van der Waals surface area contributed by atoms with Gasteiger partial charge in [-0.1, -0.05) is 52.0 Å². The molecular formula is C21H21BrN8OS2. The molecule has 12 heteroatoms. The summed E-state index contributed by atoms with van der Waals surface area (Å²) in [5.74, 6) is 1.59. The predicted octanol–water partition coefficient (Wildman–Crippen LogP) is 4.55. The lowest BCUT2D eigenvalue weighted by Gasteiger charge is -2.13. The molecule has 9 nitrogen and oxygen atoms in total. The summed E-state index contributed by atoms with van der Waals surface area (Å²) in [6.45, 7) is 2.57. The van der Waals surface area contributed by atoms with Crippen molar-refractivity contribution in [3.05, 3.63) is 58.6 Å². The fourth-order valence-corrected chi connectivity index (χ4v) is 4.00. The zero-order chi connectivity index (χ0) is 23.2. The van der Waals surface area contributed by atoms with Gasteiger partial charge in [0.05, 0.1) is 6.54 Å². The Morgan fingerprint density at radius 3 is 2.61 bits per heavy atom. The van der Waals surface area contributed by atoms with E-state index in [0.29, 0.717) is 33.8 Å². The third-order valence-electron chi connectivity index (χ3n) is 4.44. The van der Waals surface area contributed by atoms with Crippen LogP contribution in [0.1, 0.15) is 18.9 Å². The van der Waals surface area contributed by atoms with Crippen molar-refractivity contribution in [2.45, 2.75) is 25.0 Å². The van der Waals surface area contributed by atoms with E-state index in [-0.39, 0.29) is 5.75 Å². The molecule has 0 unspecified atom stereocenters. The van der Waals surface area contributed by atoms with Gasteiger partial charge in [-0.05, 0) is 60.6 Å². The Bertz CT molecular complexity index is 1250. The highest BCUT2D eigenvalue weighted by Gasteiger charge is 2.16. The molecule has 170 valence electrons. The van der Waals surface area contributed by atoms with Crippen LogP contribution in [0.2, 0.25) is 0 Å². The predicted molar refractivity (Wildman–Crippen MR) is 138 cm³/mol. The number of nitrogens with one attached hydrogen (secondary N) is 3. The smallest absolute Gasteiger partial charge is 0.191 e. The van der Waals surface area contributed by atoms with E-state index in [2.05, 4.69) is 59.3 Å². The van der Waals surface area contributed by atoms with Crippen LogP contribution in [0.15, 0.2) is 58.2 Å². The van der Waals surface area contributed by atoms with Gasteiger partial charge in [-0.15, -0.1) is 5.10 Å². The minimum Gasteiger partial charge on any atom is -0.508 e. The van der Waals surface area contributed by atoms with Gasteiger partial charge in [0, 0.05) is 15.9 Å². The molecule has 0 aliphatic carbocycles. The van der Waals surface area contributed by atoms with Gasteiger partial charge in [-0.3, -0.25) is 10.9 Å². The van der Waals surface area contributed by atoms with Gasteiger partial charge >= 0.3 is 0 Å². The average molecular weight is 545 g/mol. The van der Waals surface area contributed by atoms with Gasteiger partial charge in [-0.25, -0.2) is 14.6 Å². The molecule has 0 fully saturated rings. The van der Waals surface area contributed by atoms with E-state index in [1.165, 1.54) is 0 Å². The number of hydrogen-bond donors (Lipinski definition) is 4. The third kappa shape index (κ3) is 6.09. The van der Waals surface area contributed by atoms with Crippen LogP contribution < -0.4 is 16.2 Å². The summed E-state index contributed by atoms with van der Waals surface area (Å²) >= 11 is 10.4. The van der Waals surface area contributed by atoms with Crippen LogP contribution in [0.25, 0.3) is 11.2 Å². The lowest BCUT2D eigenvalue weighted by Crippen LogP contribution is -2.33. The number of hydrazine groups is 1. The van der Waals surface area contributed by atoms with Gasteiger partial charge in [0.2, 0.25) is 0 Å². The van der Waals surface area contributed by atoms with Crippen molar-refractivity contribution < 1.29 is 5.11 Å². The number of aromatic hydroxyl groups is 1. The molecule has 4 N–H and O–H groups in total. The molecule has 0 amide bonds. The Hall–Kier alpha value is -2.96. The molecule has 0 radical (unpaired) electrons. The lowest BCUT2D eigenvalue weighted by molar-refractivity contribution is 0.475. The highest BCUT2D eigenvalue weighted by Crippen LogP contribution is 2.23. The number of thioether (sulfide) groups is 1. The zero-order valence-electron chi connectivity index (χ0n) is 17.6. The van der Waals surface area contributed by atoms with Crippen LogP contribution in [-0.4, -0.2) is 40.9 Å². The van der Waals surface area contributed by atoms with Crippen LogP contribution in [0, 0.1) is 0 Å². The summed E-state index contributed by atoms with van der Waals surface area (Å²) in [6.07, 6.45) is 0.999. The first-order valence-electron chi connectivity index (χ1n) is 10.1. The molecule has 0 aliphatic heterocycles. The first-order chi connectivity index (χ1) is 16.0. The number of aromatic nitrogens is 5. The average Bonchev–Trinajstić information content (AvgIpc) is 3.22. The summed E-state index contributed by atoms with van der Waals surface area (Å²) in [7, 11) is 0. The van der Waals surface area contributed by atoms with E-state index in [0.717, 1.165) is 27.9 Å². The van der Waals surface area contributed by atoms with Crippen molar-refractivity contribution in [3.8, 4) is 5.75 Å². The Kier molecular flexibility index (Phi) is 7.57. The Balaban J connectivity index is 1.55. The Morgan fingerprint density at radius 1 is 1.12 bits per heavy atom. The number of phenols is 1. The quantitative estimate of drug-likeness (QED) is 0.109. The van der Waals surface area contributed by atoms with Crippen molar-refractivity contribution in [2.24, 2.45) is 0 Å². The number of thiocarbonyl (C=S) groups is 1. The number of fused-ring (bicyclic) bond motifs is 1. The van der Waals surface area contributed by atoms with Gasteiger partial charge < -0.3 is 10.4 Å². The summed E-state index contributed by atoms with van der Waals surface area (Å²) in [4.78, 5) is 9.27. The molecule has 2 heterocycles. The highest BCUT2D eigenvalue weighted by atomic mass is 79.9. The maximum atomic E-state index is 9.53. The number of benzene rings is 2. The fourth-order valence-electron chi connectivity index (χ4n) is 2.87. The maximum Gasteiger partial charge on any atom is 0.191 e. The second kappa shape index (κ2) is 10.8. The van der Waals surface area contributed by atoms with E-state index in [9.17, 15) is 5.11 Å². The number of nitrogens with zero attached hydrogens (tertiary/aromatic N) is 5. The minimum atomic E-state index is 0.216. The standard InChI is InChI=1S/C21H21BrN8OS2/c1-2-11-33-21-24-18(27-28-20(32)23-15-7-5-14(22)6-8-15)17-19(25-21)30(29-26-17)12-13-3-9-16(31)10-4-13/h3-10,31H,2,11-12H2,1H3,(H2,23,28,32)(H,24,25,27). The molecule has 0 aliphatic rings. The SMILES string of the molecule is CCCSc1nc(NNC(=S)Nc2ccc(Br)cc2)c2nnn(Cc3ccc(O)cc3)c2n1. The molecule has 4 aromatic rings. The normalized spacial score (nSPS) is 10.8. The third-order valence-corrected chi connectivity index (χ3v) is 6.23. The van der Waals surface area contributed by atoms with Crippen molar-refractivity contribution >= 4 is 67.7 Å². The maximum absolute atomic E-state index is 9.53. The van der Waals surface area contributed by atoms with E-state index in [1.54, 1.807) is 28.6 Å². The second-order valence-corrected chi connectivity index (χ2v) is 9.39. The van der Waals surface area contributed by atoms with Crippen LogP contribution in [0.3, 0.4) is 0 Å². The highest BCUT2D eigenvalue weighted by molar-refractivity contribution is 9.10. The van der Waals surface area contributed by atoms with Gasteiger partial charge in [0.15, 0.2) is 27.3 Å². The topological polar surface area (TPSA) is 113 Å². The molecule has 2 aromatic carbocycles. The van der Waals surface area contributed by atoms with Crippen LogP contribution in [-0.2, 0) is 6.54 Å². The van der Waals surface area contributed by atoms with Crippen LogP contribution >= 0.6 is 39.9 Å². The Labute approximate surface area is 208 Å². The Morgan fingerprint density at radius 2 is 1.88 bits per heavy atom. The molecule has 4 rings (SSSR count). The number of phenolic OH excluding ortho intramolecular Hbond substituents is 1. The number of halogens is 1. The van der Waals surface area contributed by atoms with E-state index in [1.807, 2.05) is 36.4 Å². The van der Waals surface area contributed by atoms with Crippen molar-refractivity contribution in [2.75, 3.05) is 16.5 Å². The van der Waals surface area contributed by atoms with Crippen LogP contribution in [0.4, 0.5) is 11.5 Å². The van der Waals surface area contributed by atoms with E-state index >= 15 is 0 Å². The fraction of sp³-hybridized carbons (Fsp3) is 0.190. The van der Waals surface area contributed by atoms with Crippen molar-refractivity contribution in [1.82, 2.24) is 30.4 Å². The van der Waals surface area contributed by atoms with Gasteiger partial charge in [0.1, 0.15) is 5.75 Å². The molecule has 0 spiro atoms. The van der Waals surface area contributed by atoms with Crippen LogP contribution in [0.5, 0.6) is 5.75 Å². The zero-order valence-corrected chi connectivity index (χ0v) is 20.8.